The fraction of sp³-hybridized carbons (Fsp3) is 1.00. The van der Waals surface area contributed by atoms with E-state index in [2.05, 4.69) is 6.92 Å². The molecule has 0 heterocycles. The minimum atomic E-state index is -2.75. The van der Waals surface area contributed by atoms with Gasteiger partial charge in [-0.25, -0.2) is 0 Å². The molecule has 0 N–H and O–H groups in total. The molecule has 80 valence electrons. The predicted molar refractivity (Wildman–Crippen MR) is 55.3 cm³/mol. The van der Waals surface area contributed by atoms with E-state index in [4.69, 9.17) is 9.05 Å². The Kier molecular flexibility index (Phi) is 7.63. The van der Waals surface area contributed by atoms with Crippen LogP contribution in [0.15, 0.2) is 0 Å². The Morgan fingerprint density at radius 3 is 2.23 bits per heavy atom. The molecule has 0 aliphatic heterocycles. The summed E-state index contributed by atoms with van der Waals surface area (Å²) in [6, 6.07) is 0. The fourth-order valence-corrected chi connectivity index (χ4v) is 2.67. The van der Waals surface area contributed by atoms with Crippen molar-refractivity contribution in [3.8, 4) is 0 Å². The van der Waals surface area contributed by atoms with Crippen LogP contribution in [0.25, 0.3) is 0 Å². The smallest absolute Gasteiger partial charge is 0.309 e. The lowest BCUT2D eigenvalue weighted by molar-refractivity contribution is 0.209. The van der Waals surface area contributed by atoms with Crippen molar-refractivity contribution in [1.29, 1.82) is 0 Å². The van der Waals surface area contributed by atoms with Crippen LogP contribution in [0.1, 0.15) is 40.0 Å². The van der Waals surface area contributed by atoms with E-state index in [-0.39, 0.29) is 0 Å². The standard InChI is InChI=1S/C9H21O3P/c1-4-7-8-12-13(10,9-5-2)11-6-3/h4-9H2,1-3H3. The third kappa shape index (κ3) is 6.25. The molecule has 0 bridgehead atoms. The normalized spacial score (nSPS) is 15.6. The molecule has 0 aromatic rings. The van der Waals surface area contributed by atoms with Crippen molar-refractivity contribution in [2.24, 2.45) is 0 Å². The van der Waals surface area contributed by atoms with Crippen molar-refractivity contribution in [3.63, 3.8) is 0 Å². The van der Waals surface area contributed by atoms with Crippen LogP contribution >= 0.6 is 7.60 Å². The first kappa shape index (κ1) is 13.2. The van der Waals surface area contributed by atoms with Crippen molar-refractivity contribution in [1.82, 2.24) is 0 Å². The third-order valence-electron chi connectivity index (χ3n) is 1.61. The Hall–Kier alpha value is 0.150. The topological polar surface area (TPSA) is 35.5 Å². The third-order valence-corrected chi connectivity index (χ3v) is 3.83. The van der Waals surface area contributed by atoms with E-state index in [1.165, 1.54) is 0 Å². The largest absolute Gasteiger partial charge is 0.330 e. The lowest BCUT2D eigenvalue weighted by Gasteiger charge is -2.16. The van der Waals surface area contributed by atoms with E-state index in [9.17, 15) is 4.57 Å². The molecule has 0 aromatic heterocycles. The number of hydrogen-bond acceptors (Lipinski definition) is 3. The zero-order chi connectivity index (χ0) is 10.2. The summed E-state index contributed by atoms with van der Waals surface area (Å²) in [5.74, 6) is 0. The highest BCUT2D eigenvalue weighted by Crippen LogP contribution is 2.48. The number of hydrogen-bond donors (Lipinski definition) is 0. The van der Waals surface area contributed by atoms with E-state index in [1.807, 2.05) is 13.8 Å². The fourth-order valence-electron chi connectivity index (χ4n) is 0.985. The van der Waals surface area contributed by atoms with E-state index >= 15 is 0 Å². The first-order chi connectivity index (χ1) is 6.18. The summed E-state index contributed by atoms with van der Waals surface area (Å²) in [4.78, 5) is 0. The Morgan fingerprint density at radius 1 is 1.08 bits per heavy atom. The zero-order valence-electron chi connectivity index (χ0n) is 8.91. The van der Waals surface area contributed by atoms with Gasteiger partial charge in [0.25, 0.3) is 0 Å². The van der Waals surface area contributed by atoms with Crippen molar-refractivity contribution in [2.75, 3.05) is 19.4 Å². The van der Waals surface area contributed by atoms with Gasteiger partial charge in [-0.1, -0.05) is 20.3 Å². The highest BCUT2D eigenvalue weighted by molar-refractivity contribution is 7.53. The summed E-state index contributed by atoms with van der Waals surface area (Å²) < 4.78 is 22.3. The van der Waals surface area contributed by atoms with Crippen LogP contribution in [-0.2, 0) is 13.6 Å². The van der Waals surface area contributed by atoms with Gasteiger partial charge in [-0.3, -0.25) is 4.57 Å². The molecule has 0 saturated carbocycles. The molecule has 0 fully saturated rings. The summed E-state index contributed by atoms with van der Waals surface area (Å²) in [6.45, 7) is 6.91. The van der Waals surface area contributed by atoms with Gasteiger partial charge in [0.2, 0.25) is 0 Å². The maximum Gasteiger partial charge on any atom is 0.330 e. The Balaban J connectivity index is 3.85. The van der Waals surface area contributed by atoms with E-state index in [0.717, 1.165) is 19.3 Å². The van der Waals surface area contributed by atoms with Crippen LogP contribution in [-0.4, -0.2) is 19.4 Å². The first-order valence-electron chi connectivity index (χ1n) is 5.06. The second-order valence-electron chi connectivity index (χ2n) is 2.94. The summed E-state index contributed by atoms with van der Waals surface area (Å²) in [5, 5.41) is 0. The van der Waals surface area contributed by atoms with Gasteiger partial charge in [-0.2, -0.15) is 0 Å². The molecular weight excluding hydrogens is 187 g/mol. The van der Waals surface area contributed by atoms with Crippen LogP contribution in [0.3, 0.4) is 0 Å². The van der Waals surface area contributed by atoms with Gasteiger partial charge in [0, 0.05) is 6.16 Å². The average Bonchev–Trinajstić information content (AvgIpc) is 2.05. The molecule has 1 unspecified atom stereocenters. The van der Waals surface area contributed by atoms with Gasteiger partial charge in [0.1, 0.15) is 0 Å². The summed E-state index contributed by atoms with van der Waals surface area (Å²) in [6.07, 6.45) is 3.37. The van der Waals surface area contributed by atoms with E-state index in [1.54, 1.807) is 0 Å². The molecule has 3 nitrogen and oxygen atoms in total. The lowest BCUT2D eigenvalue weighted by Crippen LogP contribution is -2.00. The molecule has 4 heteroatoms. The second-order valence-corrected chi connectivity index (χ2v) is 5.12. The quantitative estimate of drug-likeness (QED) is 0.452. The summed E-state index contributed by atoms with van der Waals surface area (Å²) in [5.41, 5.74) is 0. The van der Waals surface area contributed by atoms with Crippen LogP contribution in [0, 0.1) is 0 Å². The first-order valence-corrected chi connectivity index (χ1v) is 6.79. The highest BCUT2D eigenvalue weighted by atomic mass is 31.2. The molecule has 0 saturated heterocycles. The van der Waals surface area contributed by atoms with Crippen LogP contribution in [0.4, 0.5) is 0 Å². The number of rotatable bonds is 8. The van der Waals surface area contributed by atoms with Crippen LogP contribution in [0.5, 0.6) is 0 Å². The highest BCUT2D eigenvalue weighted by Gasteiger charge is 2.21. The molecule has 0 amide bonds. The molecule has 13 heavy (non-hydrogen) atoms. The minimum absolute atomic E-state index is 0.462. The van der Waals surface area contributed by atoms with E-state index < -0.39 is 7.60 Å². The van der Waals surface area contributed by atoms with Crippen molar-refractivity contribution >= 4 is 7.60 Å². The van der Waals surface area contributed by atoms with Gasteiger partial charge in [0.05, 0.1) is 13.2 Å². The SMILES string of the molecule is CCCCOP(=O)(CCC)OCC. The lowest BCUT2D eigenvalue weighted by atomic mass is 10.4. The summed E-state index contributed by atoms with van der Waals surface area (Å²) in [7, 11) is -2.75. The van der Waals surface area contributed by atoms with Crippen LogP contribution in [0.2, 0.25) is 0 Å². The Bertz CT molecular complexity index is 149. The second kappa shape index (κ2) is 7.54. The van der Waals surface area contributed by atoms with Gasteiger partial charge >= 0.3 is 7.60 Å². The molecule has 1 atom stereocenters. The van der Waals surface area contributed by atoms with E-state index in [0.29, 0.717) is 19.4 Å². The molecule has 0 aliphatic rings. The average molecular weight is 208 g/mol. The zero-order valence-corrected chi connectivity index (χ0v) is 9.81. The molecule has 0 aromatic carbocycles. The van der Waals surface area contributed by atoms with Crippen molar-refractivity contribution < 1.29 is 13.6 Å². The van der Waals surface area contributed by atoms with Gasteiger partial charge < -0.3 is 9.05 Å². The van der Waals surface area contributed by atoms with Gasteiger partial charge in [-0.15, -0.1) is 0 Å². The van der Waals surface area contributed by atoms with Crippen molar-refractivity contribution in [2.45, 2.75) is 40.0 Å². The molecule has 0 rings (SSSR count). The monoisotopic (exact) mass is 208 g/mol. The molecule has 0 aliphatic carbocycles. The predicted octanol–water partition coefficient (Wildman–Crippen LogP) is 3.44. The van der Waals surface area contributed by atoms with Crippen molar-refractivity contribution in [3.05, 3.63) is 0 Å². The maximum absolute atomic E-state index is 11.8. The maximum atomic E-state index is 11.8. The van der Waals surface area contributed by atoms with Crippen LogP contribution < -0.4 is 0 Å². The Labute approximate surface area is 81.3 Å². The molecular formula is C9H21O3P. The molecule has 0 spiro atoms. The minimum Gasteiger partial charge on any atom is -0.309 e. The van der Waals surface area contributed by atoms with Gasteiger partial charge in [-0.05, 0) is 19.8 Å². The Morgan fingerprint density at radius 2 is 1.77 bits per heavy atom. The number of unbranched alkanes of at least 4 members (excludes halogenated alkanes) is 1. The van der Waals surface area contributed by atoms with Gasteiger partial charge in [0.15, 0.2) is 0 Å². The summed E-state index contributed by atoms with van der Waals surface area (Å²) >= 11 is 0. The molecule has 0 radical (unpaired) electrons.